The van der Waals surface area contributed by atoms with E-state index < -0.39 is 8.32 Å². The molecule has 0 fully saturated rings. The molecule has 2 aromatic rings. The fourth-order valence-corrected chi connectivity index (χ4v) is 3.11. The average molecular weight is 338 g/mol. The van der Waals surface area contributed by atoms with Crippen LogP contribution in [-0.2, 0) is 6.42 Å². The van der Waals surface area contributed by atoms with Gasteiger partial charge in [-0.2, -0.15) is 0 Å². The number of halogens is 1. The lowest BCUT2D eigenvalue weighted by Gasteiger charge is -2.35. The third kappa shape index (κ3) is 2.91. The van der Waals surface area contributed by atoms with Gasteiger partial charge in [-0.3, -0.25) is 4.98 Å². The van der Waals surface area contributed by atoms with Gasteiger partial charge in [-0.05, 0) is 42.2 Å². The predicted molar refractivity (Wildman–Crippen MR) is 86.9 cm³/mol. The Morgan fingerprint density at radius 1 is 1.26 bits per heavy atom. The molecular weight excluding hydrogens is 318 g/mol. The zero-order valence-corrected chi connectivity index (χ0v) is 14.5. The Morgan fingerprint density at radius 3 is 2.58 bits per heavy atom. The van der Waals surface area contributed by atoms with Gasteiger partial charge in [0.25, 0.3) is 0 Å². The van der Waals surface area contributed by atoms with E-state index in [1.165, 1.54) is 5.56 Å². The van der Waals surface area contributed by atoms with E-state index in [4.69, 9.17) is 0 Å². The van der Waals surface area contributed by atoms with Gasteiger partial charge >= 0.3 is 0 Å². The van der Waals surface area contributed by atoms with Gasteiger partial charge in [-0.25, -0.2) is 0 Å². The lowest BCUT2D eigenvalue weighted by atomic mass is 9.99. The highest BCUT2D eigenvalue weighted by atomic mass is 79.9. The molecule has 0 spiro atoms. The molecule has 1 aromatic heterocycles. The van der Waals surface area contributed by atoms with Gasteiger partial charge in [0.2, 0.25) is 0 Å². The second kappa shape index (κ2) is 5.00. The topological polar surface area (TPSA) is 33.1 Å². The summed E-state index contributed by atoms with van der Waals surface area (Å²) in [7, 11) is -2.21. The van der Waals surface area contributed by atoms with Crippen LogP contribution in [0.15, 0.2) is 34.9 Å². The molecule has 1 aromatic carbocycles. The molecule has 1 N–H and O–H groups in total. The van der Waals surface area contributed by atoms with E-state index in [1.54, 1.807) is 0 Å². The molecule has 0 atom stereocenters. The maximum Gasteiger partial charge on any atom is 0.188 e. The molecule has 1 heterocycles. The second-order valence-corrected chi connectivity index (χ2v) is 11.6. The predicted octanol–water partition coefficient (Wildman–Crippen LogP) is 4.52. The molecule has 0 bridgehead atoms. The molecule has 0 radical (unpaired) electrons. The molecule has 2 rings (SSSR count). The van der Waals surface area contributed by atoms with Crippen LogP contribution in [0.3, 0.4) is 0 Å². The highest BCUT2D eigenvalue weighted by Gasteiger charge is 2.38. The minimum Gasteiger partial charge on any atom is -0.432 e. The summed E-state index contributed by atoms with van der Waals surface area (Å²) in [5.74, 6) is 0. The van der Waals surface area contributed by atoms with Gasteiger partial charge < -0.3 is 4.80 Å². The Bertz CT molecular complexity index is 605. The molecule has 4 heteroatoms. The van der Waals surface area contributed by atoms with Crippen LogP contribution < -0.4 is 0 Å². The number of pyridine rings is 1. The van der Waals surface area contributed by atoms with Crippen LogP contribution in [0.1, 0.15) is 19.4 Å². The molecule has 0 aliphatic carbocycles. The summed E-state index contributed by atoms with van der Waals surface area (Å²) in [5.41, 5.74) is 2.24. The highest BCUT2D eigenvalue weighted by molar-refractivity contribution is 9.10. The average Bonchev–Trinajstić information content (AvgIpc) is 2.32. The van der Waals surface area contributed by atoms with Crippen LogP contribution in [0.4, 0.5) is 0 Å². The van der Waals surface area contributed by atoms with Crippen molar-refractivity contribution < 1.29 is 4.80 Å². The van der Waals surface area contributed by atoms with Gasteiger partial charge in [-0.1, -0.05) is 41.9 Å². The summed E-state index contributed by atoms with van der Waals surface area (Å²) in [6.07, 6.45) is 2.68. The van der Waals surface area contributed by atoms with E-state index in [-0.39, 0.29) is 5.04 Å². The van der Waals surface area contributed by atoms with Gasteiger partial charge in [0.1, 0.15) is 0 Å². The van der Waals surface area contributed by atoms with Crippen molar-refractivity contribution in [1.29, 1.82) is 0 Å². The van der Waals surface area contributed by atoms with Crippen LogP contribution in [0, 0.1) is 0 Å². The van der Waals surface area contributed by atoms with Gasteiger partial charge in [0.15, 0.2) is 8.32 Å². The number of hydrogen-bond acceptors (Lipinski definition) is 2. The van der Waals surface area contributed by atoms with Crippen molar-refractivity contribution in [2.75, 3.05) is 0 Å². The van der Waals surface area contributed by atoms with Crippen molar-refractivity contribution in [2.24, 2.45) is 0 Å². The van der Waals surface area contributed by atoms with Crippen molar-refractivity contribution in [2.45, 2.75) is 38.4 Å². The Labute approximate surface area is 124 Å². The maximum atomic E-state index is 10.4. The second-order valence-electron chi connectivity index (χ2n) is 6.23. The standard InChI is InChI=1S/C15H20BrNOSi/c1-15(2,19(3,4)18)10-11-7-8-13(16)12-6-5-9-17-14(11)12/h5-9,18H,10H2,1-4H3. The van der Waals surface area contributed by atoms with E-state index in [9.17, 15) is 4.80 Å². The maximum absolute atomic E-state index is 10.4. The Morgan fingerprint density at radius 2 is 1.95 bits per heavy atom. The number of rotatable bonds is 3. The monoisotopic (exact) mass is 337 g/mol. The van der Waals surface area contributed by atoms with E-state index in [0.717, 1.165) is 21.8 Å². The van der Waals surface area contributed by atoms with E-state index in [2.05, 4.69) is 53.0 Å². The highest BCUT2D eigenvalue weighted by Crippen LogP contribution is 2.40. The number of hydrogen-bond donors (Lipinski definition) is 1. The Hall–Kier alpha value is -0.713. The first-order valence-corrected chi connectivity index (χ1v) is 10.2. The van der Waals surface area contributed by atoms with Crippen molar-refractivity contribution in [1.82, 2.24) is 4.98 Å². The summed E-state index contributed by atoms with van der Waals surface area (Å²) >= 11 is 3.57. The first-order chi connectivity index (χ1) is 8.72. The molecule has 2 nitrogen and oxygen atoms in total. The summed E-state index contributed by atoms with van der Waals surface area (Å²) in [5, 5.41) is 1.05. The Kier molecular flexibility index (Phi) is 3.87. The van der Waals surface area contributed by atoms with Crippen LogP contribution in [0.25, 0.3) is 10.9 Å². The largest absolute Gasteiger partial charge is 0.432 e. The minimum atomic E-state index is -2.21. The Balaban J connectivity index is 2.51. The number of aromatic nitrogens is 1. The number of benzene rings is 1. The molecule has 0 saturated carbocycles. The van der Waals surface area contributed by atoms with Gasteiger partial charge in [-0.15, -0.1) is 0 Å². The lowest BCUT2D eigenvalue weighted by molar-refractivity contribution is 0.468. The van der Waals surface area contributed by atoms with Crippen molar-refractivity contribution in [3.05, 3.63) is 40.5 Å². The van der Waals surface area contributed by atoms with E-state index in [1.807, 2.05) is 25.4 Å². The summed E-state index contributed by atoms with van der Waals surface area (Å²) in [6.45, 7) is 8.30. The van der Waals surface area contributed by atoms with Crippen LogP contribution >= 0.6 is 15.9 Å². The molecule has 0 aliphatic heterocycles. The first-order valence-electron chi connectivity index (χ1n) is 6.47. The fraction of sp³-hybridized carbons (Fsp3) is 0.400. The van der Waals surface area contributed by atoms with Crippen molar-refractivity contribution in [3.63, 3.8) is 0 Å². The van der Waals surface area contributed by atoms with Gasteiger partial charge in [0, 0.05) is 16.1 Å². The zero-order valence-electron chi connectivity index (χ0n) is 11.9. The molecule has 0 amide bonds. The minimum absolute atomic E-state index is 0.0781. The SMILES string of the molecule is CC(C)(Cc1ccc(Br)c2cccnc12)[Si](C)(C)O. The van der Waals surface area contributed by atoms with Crippen LogP contribution in [-0.4, -0.2) is 18.1 Å². The van der Waals surface area contributed by atoms with Gasteiger partial charge in [0.05, 0.1) is 5.52 Å². The fourth-order valence-electron chi connectivity index (χ4n) is 2.03. The summed E-state index contributed by atoms with van der Waals surface area (Å²) < 4.78 is 1.07. The number of nitrogens with zero attached hydrogens (tertiary/aromatic N) is 1. The zero-order chi connectivity index (χ0) is 14.3. The lowest BCUT2D eigenvalue weighted by Crippen LogP contribution is -2.40. The van der Waals surface area contributed by atoms with Crippen LogP contribution in [0.5, 0.6) is 0 Å². The quantitative estimate of drug-likeness (QED) is 0.835. The van der Waals surface area contributed by atoms with Crippen molar-refractivity contribution in [3.8, 4) is 0 Å². The third-order valence-electron chi connectivity index (χ3n) is 4.09. The molecule has 102 valence electrons. The van der Waals surface area contributed by atoms with E-state index in [0.29, 0.717) is 0 Å². The first kappa shape index (κ1) is 14.7. The smallest absolute Gasteiger partial charge is 0.188 e. The molecule has 0 saturated heterocycles. The molecular formula is C15H20BrNOSi. The molecule has 19 heavy (non-hydrogen) atoms. The summed E-state index contributed by atoms with van der Waals surface area (Å²) in [4.78, 5) is 15.0. The van der Waals surface area contributed by atoms with Crippen LogP contribution in [0.2, 0.25) is 18.1 Å². The summed E-state index contributed by atoms with van der Waals surface area (Å²) in [6, 6.07) is 8.21. The number of fused-ring (bicyclic) bond motifs is 1. The normalized spacial score (nSPS) is 12.9. The van der Waals surface area contributed by atoms with E-state index >= 15 is 0 Å². The molecule has 0 unspecified atom stereocenters. The molecule has 0 aliphatic rings. The van der Waals surface area contributed by atoms with Crippen molar-refractivity contribution >= 4 is 35.2 Å². The third-order valence-corrected chi connectivity index (χ3v) is 8.27.